The highest BCUT2D eigenvalue weighted by Gasteiger charge is 2.04. The van der Waals surface area contributed by atoms with Crippen molar-refractivity contribution in [3.05, 3.63) is 62.7 Å². The molecule has 0 unspecified atom stereocenters. The zero-order chi connectivity index (χ0) is 15.9. The molecule has 0 aliphatic rings. The summed E-state index contributed by atoms with van der Waals surface area (Å²) in [6.07, 6.45) is 3.46. The first-order valence-corrected chi connectivity index (χ1v) is 7.49. The first-order chi connectivity index (χ1) is 10.6. The molecule has 0 bridgehead atoms. The van der Waals surface area contributed by atoms with Crippen LogP contribution in [0.3, 0.4) is 0 Å². The van der Waals surface area contributed by atoms with Gasteiger partial charge in [0.25, 0.3) is 0 Å². The van der Waals surface area contributed by atoms with Gasteiger partial charge in [-0.1, -0.05) is 22.8 Å². The number of rotatable bonds is 4. The molecule has 0 saturated heterocycles. The second-order valence-corrected chi connectivity index (χ2v) is 5.55. The Hall–Kier alpha value is -2.18. The summed E-state index contributed by atoms with van der Waals surface area (Å²) in [5, 5.41) is 7.93. The average Bonchev–Trinajstić information content (AvgIpc) is 2.88. The maximum absolute atomic E-state index is 13.4. The zero-order valence-electron chi connectivity index (χ0n) is 11.5. The van der Waals surface area contributed by atoms with Gasteiger partial charge in [-0.15, -0.1) is 11.3 Å². The highest BCUT2D eigenvalue weighted by molar-refractivity contribution is 7.11. The quantitative estimate of drug-likeness (QED) is 0.504. The van der Waals surface area contributed by atoms with E-state index in [1.54, 1.807) is 17.4 Å². The predicted molar refractivity (Wildman–Crippen MR) is 86.7 cm³/mol. The number of nitrogens with one attached hydrogen (secondary N) is 1. The molecule has 0 aliphatic carbocycles. The predicted octanol–water partition coefficient (Wildman–Crippen LogP) is 4.58. The number of carbonyl (C=O) groups is 1. The van der Waals surface area contributed by atoms with Crippen molar-refractivity contribution < 1.29 is 14.0 Å². The maximum atomic E-state index is 13.4. The number of aryl methyl sites for hydroxylation is 1. The standard InChI is InChI=1S/C15H12ClFN2O2S/c1-10-6-8-22-14(10)5-7-18-15(20)21-19-9-11-12(16)3-2-4-13(11)17/h2-9H,1H3,(H,18,20). The minimum Gasteiger partial charge on any atom is -0.298 e. The summed E-state index contributed by atoms with van der Waals surface area (Å²) in [5.41, 5.74) is 1.17. The van der Waals surface area contributed by atoms with Crippen molar-refractivity contribution in [2.45, 2.75) is 6.92 Å². The summed E-state index contributed by atoms with van der Waals surface area (Å²) < 4.78 is 13.4. The van der Waals surface area contributed by atoms with Crippen molar-refractivity contribution in [2.75, 3.05) is 0 Å². The van der Waals surface area contributed by atoms with E-state index in [0.717, 1.165) is 16.7 Å². The molecule has 1 amide bonds. The van der Waals surface area contributed by atoms with Crippen LogP contribution in [0.15, 0.2) is 41.0 Å². The van der Waals surface area contributed by atoms with Gasteiger partial charge in [0.15, 0.2) is 0 Å². The first kappa shape index (κ1) is 16.2. The maximum Gasteiger partial charge on any atom is 0.437 e. The lowest BCUT2D eigenvalue weighted by molar-refractivity contribution is 0.155. The summed E-state index contributed by atoms with van der Waals surface area (Å²) in [4.78, 5) is 17.0. The Bertz CT molecular complexity index is 708. The monoisotopic (exact) mass is 338 g/mol. The third kappa shape index (κ3) is 4.41. The van der Waals surface area contributed by atoms with Gasteiger partial charge in [-0.05, 0) is 42.1 Å². The Morgan fingerprint density at radius 2 is 2.27 bits per heavy atom. The number of halogens is 2. The molecule has 0 atom stereocenters. The molecule has 0 aliphatic heterocycles. The normalized spacial score (nSPS) is 11.2. The number of hydrogen-bond acceptors (Lipinski definition) is 4. The molecule has 7 heteroatoms. The largest absolute Gasteiger partial charge is 0.437 e. The lowest BCUT2D eigenvalue weighted by atomic mass is 10.2. The van der Waals surface area contributed by atoms with E-state index in [0.29, 0.717) is 0 Å². The van der Waals surface area contributed by atoms with Gasteiger partial charge in [0.2, 0.25) is 0 Å². The Labute approximate surface area is 135 Å². The van der Waals surface area contributed by atoms with E-state index in [-0.39, 0.29) is 10.6 Å². The van der Waals surface area contributed by atoms with E-state index < -0.39 is 11.9 Å². The molecule has 0 radical (unpaired) electrons. The molecule has 0 fully saturated rings. The molecule has 2 rings (SSSR count). The Balaban J connectivity index is 1.87. The van der Waals surface area contributed by atoms with Crippen molar-refractivity contribution in [1.29, 1.82) is 0 Å². The van der Waals surface area contributed by atoms with Crippen molar-refractivity contribution >= 4 is 41.3 Å². The molecule has 22 heavy (non-hydrogen) atoms. The van der Waals surface area contributed by atoms with Crippen molar-refractivity contribution in [3.63, 3.8) is 0 Å². The molecule has 1 N–H and O–H groups in total. The average molecular weight is 339 g/mol. The summed E-state index contributed by atoms with van der Waals surface area (Å²) >= 11 is 7.36. The highest BCUT2D eigenvalue weighted by atomic mass is 35.5. The second-order valence-electron chi connectivity index (χ2n) is 4.19. The van der Waals surface area contributed by atoms with Crippen molar-refractivity contribution in [2.24, 2.45) is 5.16 Å². The fraction of sp³-hybridized carbons (Fsp3) is 0.0667. The number of hydrogen-bond donors (Lipinski definition) is 1. The second kappa shape index (κ2) is 7.72. The van der Waals surface area contributed by atoms with Gasteiger partial charge in [-0.2, -0.15) is 0 Å². The van der Waals surface area contributed by atoms with Gasteiger partial charge in [-0.3, -0.25) is 10.2 Å². The van der Waals surface area contributed by atoms with Crippen LogP contribution in [0.1, 0.15) is 16.0 Å². The molecule has 1 heterocycles. The highest BCUT2D eigenvalue weighted by Crippen LogP contribution is 2.17. The number of carbonyl (C=O) groups excluding carboxylic acids is 1. The number of oxime groups is 1. The zero-order valence-corrected chi connectivity index (χ0v) is 13.1. The Kier molecular flexibility index (Phi) is 5.68. The Morgan fingerprint density at radius 1 is 1.45 bits per heavy atom. The smallest absolute Gasteiger partial charge is 0.298 e. The third-order valence-corrected chi connectivity index (χ3v) is 3.97. The molecule has 114 valence electrons. The minimum absolute atomic E-state index is 0.0571. The molecular formula is C15H12ClFN2O2S. The number of thiophene rings is 1. The van der Waals surface area contributed by atoms with E-state index >= 15 is 0 Å². The van der Waals surface area contributed by atoms with Crippen LogP contribution < -0.4 is 5.32 Å². The number of benzene rings is 1. The van der Waals surface area contributed by atoms with E-state index in [1.165, 1.54) is 24.4 Å². The van der Waals surface area contributed by atoms with Crippen LogP contribution in [0.25, 0.3) is 6.08 Å². The van der Waals surface area contributed by atoms with Crippen LogP contribution in [0.4, 0.5) is 9.18 Å². The molecule has 4 nitrogen and oxygen atoms in total. The van der Waals surface area contributed by atoms with Gasteiger partial charge in [0.1, 0.15) is 5.82 Å². The summed E-state index contributed by atoms with van der Waals surface area (Å²) in [7, 11) is 0. The Morgan fingerprint density at radius 3 is 2.95 bits per heavy atom. The van der Waals surface area contributed by atoms with Crippen LogP contribution in [-0.2, 0) is 4.84 Å². The summed E-state index contributed by atoms with van der Waals surface area (Å²) in [6, 6.07) is 6.20. The lowest BCUT2D eigenvalue weighted by Gasteiger charge is -1.99. The van der Waals surface area contributed by atoms with Gasteiger partial charge in [0, 0.05) is 11.1 Å². The molecule has 0 spiro atoms. The van der Waals surface area contributed by atoms with Crippen LogP contribution in [0.5, 0.6) is 0 Å². The summed E-state index contributed by atoms with van der Waals surface area (Å²) in [5.74, 6) is -0.548. The minimum atomic E-state index is -0.783. The van der Waals surface area contributed by atoms with Crippen LogP contribution in [-0.4, -0.2) is 12.3 Å². The third-order valence-electron chi connectivity index (χ3n) is 2.65. The summed E-state index contributed by atoms with van der Waals surface area (Å²) in [6.45, 7) is 1.97. The molecular weight excluding hydrogens is 327 g/mol. The van der Waals surface area contributed by atoms with E-state index in [1.807, 2.05) is 18.4 Å². The van der Waals surface area contributed by atoms with E-state index in [9.17, 15) is 9.18 Å². The lowest BCUT2D eigenvalue weighted by Crippen LogP contribution is -2.15. The molecule has 1 aromatic heterocycles. The molecule has 0 saturated carbocycles. The number of nitrogens with zero attached hydrogens (tertiary/aromatic N) is 1. The number of amides is 1. The van der Waals surface area contributed by atoms with Gasteiger partial charge in [-0.25, -0.2) is 9.18 Å². The van der Waals surface area contributed by atoms with E-state index in [2.05, 4.69) is 15.3 Å². The van der Waals surface area contributed by atoms with Crippen LogP contribution in [0, 0.1) is 12.7 Å². The van der Waals surface area contributed by atoms with Gasteiger partial charge < -0.3 is 0 Å². The molecule has 2 aromatic rings. The van der Waals surface area contributed by atoms with Gasteiger partial charge >= 0.3 is 6.09 Å². The van der Waals surface area contributed by atoms with Gasteiger partial charge in [0.05, 0.1) is 16.8 Å². The van der Waals surface area contributed by atoms with E-state index in [4.69, 9.17) is 11.6 Å². The molecule has 1 aromatic carbocycles. The SMILES string of the molecule is Cc1ccsc1C=CNC(=O)ON=Cc1c(F)cccc1Cl. The van der Waals surface area contributed by atoms with Crippen LogP contribution in [0.2, 0.25) is 5.02 Å². The van der Waals surface area contributed by atoms with Crippen LogP contribution >= 0.6 is 22.9 Å². The van der Waals surface area contributed by atoms with Crippen molar-refractivity contribution in [3.8, 4) is 0 Å². The fourth-order valence-corrected chi connectivity index (χ4v) is 2.56. The topological polar surface area (TPSA) is 50.7 Å². The fourth-order valence-electron chi connectivity index (χ4n) is 1.53. The first-order valence-electron chi connectivity index (χ1n) is 6.23. The van der Waals surface area contributed by atoms with Crippen molar-refractivity contribution in [1.82, 2.24) is 5.32 Å².